The molecule has 1 aromatic carbocycles. The first kappa shape index (κ1) is 13.0. The number of ether oxygens (including phenoxy) is 1. The van der Waals surface area contributed by atoms with E-state index in [-0.39, 0.29) is 0 Å². The first-order chi connectivity index (χ1) is 9.65. The number of anilines is 1. The minimum Gasteiger partial charge on any atom is -0.485 e. The molecule has 1 aliphatic rings. The molecule has 0 saturated carbocycles. The predicted molar refractivity (Wildman–Crippen MR) is 77.6 cm³/mol. The number of benzene rings is 1. The van der Waals surface area contributed by atoms with Crippen molar-refractivity contribution in [3.05, 3.63) is 34.9 Å². The number of rotatable bonds is 3. The van der Waals surface area contributed by atoms with E-state index in [1.54, 1.807) is 0 Å². The van der Waals surface area contributed by atoms with Crippen LogP contribution in [-0.2, 0) is 19.6 Å². The fourth-order valence-corrected chi connectivity index (χ4v) is 2.62. The quantitative estimate of drug-likeness (QED) is 0.871. The van der Waals surface area contributed by atoms with Crippen molar-refractivity contribution in [2.24, 2.45) is 0 Å². The minimum atomic E-state index is 0.441. The predicted octanol–water partition coefficient (Wildman–Crippen LogP) is 2.39. The Labute approximate surface area is 118 Å². The molecule has 5 nitrogen and oxygen atoms in total. The van der Waals surface area contributed by atoms with Gasteiger partial charge in [0.1, 0.15) is 18.2 Å². The van der Waals surface area contributed by atoms with Gasteiger partial charge in [0.25, 0.3) is 0 Å². The van der Waals surface area contributed by atoms with Crippen molar-refractivity contribution in [1.29, 1.82) is 0 Å². The van der Waals surface area contributed by atoms with E-state index in [9.17, 15) is 0 Å². The lowest BCUT2D eigenvalue weighted by molar-refractivity contribution is 0.284. The Hall–Kier alpha value is -2.04. The Bertz CT molecular complexity index is 633. The number of aromatic nitrogens is 3. The topological polar surface area (TPSA) is 66.0 Å². The monoisotopic (exact) mass is 272 g/mol. The molecule has 0 saturated heterocycles. The van der Waals surface area contributed by atoms with Gasteiger partial charge in [-0.05, 0) is 37.8 Å². The molecule has 0 radical (unpaired) electrons. The Morgan fingerprint density at radius 1 is 1.20 bits per heavy atom. The molecule has 3 rings (SSSR count). The maximum Gasteiger partial charge on any atom is 0.171 e. The molecule has 2 N–H and O–H groups in total. The Balaban J connectivity index is 1.77. The summed E-state index contributed by atoms with van der Waals surface area (Å²) >= 11 is 0. The van der Waals surface area contributed by atoms with E-state index in [4.69, 9.17) is 10.5 Å². The smallest absolute Gasteiger partial charge is 0.171 e. The second-order valence-corrected chi connectivity index (χ2v) is 5.40. The first-order valence-corrected chi connectivity index (χ1v) is 7.05. The summed E-state index contributed by atoms with van der Waals surface area (Å²) in [5, 5.41) is 8.47. The second-order valence-electron chi connectivity index (χ2n) is 5.40. The number of hydrogen-bond donors (Lipinski definition) is 1. The lowest BCUT2D eigenvalue weighted by Gasteiger charge is -2.15. The molecule has 0 atom stereocenters. The van der Waals surface area contributed by atoms with Crippen molar-refractivity contribution in [3.63, 3.8) is 0 Å². The zero-order valence-corrected chi connectivity index (χ0v) is 12.0. The van der Waals surface area contributed by atoms with Crippen LogP contribution in [0.2, 0.25) is 0 Å². The van der Waals surface area contributed by atoms with Gasteiger partial charge >= 0.3 is 0 Å². The summed E-state index contributed by atoms with van der Waals surface area (Å²) in [6, 6.07) is 3.93. The molecule has 0 unspecified atom stereocenters. The normalized spacial score (nSPS) is 14.1. The molecular formula is C15H20N4O. The maximum absolute atomic E-state index is 5.94. The number of aryl methyl sites for hydroxylation is 3. The van der Waals surface area contributed by atoms with Crippen LogP contribution in [0.4, 0.5) is 5.69 Å². The van der Waals surface area contributed by atoms with E-state index in [0.29, 0.717) is 6.61 Å². The third-order valence-electron chi connectivity index (χ3n) is 3.86. The van der Waals surface area contributed by atoms with Gasteiger partial charge in [0.2, 0.25) is 0 Å². The molecule has 5 heteroatoms. The average molecular weight is 272 g/mol. The molecule has 0 aliphatic carbocycles. The molecule has 0 bridgehead atoms. The van der Waals surface area contributed by atoms with Crippen LogP contribution in [0.3, 0.4) is 0 Å². The molecule has 1 aromatic heterocycles. The molecular weight excluding hydrogens is 252 g/mol. The summed E-state index contributed by atoms with van der Waals surface area (Å²) in [5.74, 6) is 2.80. The summed E-state index contributed by atoms with van der Waals surface area (Å²) in [5.41, 5.74) is 8.87. The van der Waals surface area contributed by atoms with Crippen LogP contribution in [0, 0.1) is 13.8 Å². The fraction of sp³-hybridized carbons (Fsp3) is 0.467. The van der Waals surface area contributed by atoms with Gasteiger partial charge in [-0.2, -0.15) is 0 Å². The molecule has 2 heterocycles. The van der Waals surface area contributed by atoms with Gasteiger partial charge < -0.3 is 15.0 Å². The lowest BCUT2D eigenvalue weighted by atomic mass is 10.1. The first-order valence-electron chi connectivity index (χ1n) is 7.05. The third-order valence-corrected chi connectivity index (χ3v) is 3.86. The molecule has 1 aliphatic heterocycles. The summed E-state index contributed by atoms with van der Waals surface area (Å²) in [6.07, 6.45) is 3.41. The highest BCUT2D eigenvalue weighted by atomic mass is 16.5. The van der Waals surface area contributed by atoms with Crippen LogP contribution in [0.5, 0.6) is 5.75 Å². The zero-order valence-electron chi connectivity index (χ0n) is 12.0. The highest BCUT2D eigenvalue weighted by Gasteiger charge is 2.16. The van der Waals surface area contributed by atoms with Crippen molar-refractivity contribution in [2.75, 3.05) is 5.73 Å². The van der Waals surface area contributed by atoms with Crippen LogP contribution < -0.4 is 10.5 Å². The van der Waals surface area contributed by atoms with E-state index in [1.165, 1.54) is 12.8 Å². The van der Waals surface area contributed by atoms with E-state index < -0.39 is 0 Å². The van der Waals surface area contributed by atoms with Crippen molar-refractivity contribution in [2.45, 2.75) is 46.3 Å². The second kappa shape index (κ2) is 5.15. The Morgan fingerprint density at radius 3 is 2.90 bits per heavy atom. The number of fused-ring (bicyclic) bond motifs is 1. The Kier molecular flexibility index (Phi) is 3.34. The number of hydrogen-bond acceptors (Lipinski definition) is 4. The van der Waals surface area contributed by atoms with Crippen LogP contribution in [-0.4, -0.2) is 14.8 Å². The largest absolute Gasteiger partial charge is 0.485 e. The van der Waals surface area contributed by atoms with E-state index in [0.717, 1.165) is 47.2 Å². The van der Waals surface area contributed by atoms with Crippen LogP contribution in [0.15, 0.2) is 12.1 Å². The molecule has 20 heavy (non-hydrogen) atoms. The van der Waals surface area contributed by atoms with Crippen LogP contribution in [0.1, 0.15) is 35.6 Å². The SMILES string of the molecule is Cc1cc(C)c(OCc2nnc3n2CCCC3)cc1N. The van der Waals surface area contributed by atoms with Crippen molar-refractivity contribution in [3.8, 4) is 5.75 Å². The molecule has 0 spiro atoms. The van der Waals surface area contributed by atoms with Gasteiger partial charge in [-0.3, -0.25) is 0 Å². The van der Waals surface area contributed by atoms with Crippen LogP contribution in [0.25, 0.3) is 0 Å². The molecule has 2 aromatic rings. The average Bonchev–Trinajstić information content (AvgIpc) is 2.85. The van der Waals surface area contributed by atoms with Gasteiger partial charge in [0, 0.05) is 24.7 Å². The van der Waals surface area contributed by atoms with Crippen molar-refractivity contribution < 1.29 is 4.74 Å². The lowest BCUT2D eigenvalue weighted by Crippen LogP contribution is -2.14. The highest BCUT2D eigenvalue weighted by Crippen LogP contribution is 2.25. The molecule has 106 valence electrons. The summed E-state index contributed by atoms with van der Waals surface area (Å²) < 4.78 is 8.06. The summed E-state index contributed by atoms with van der Waals surface area (Å²) in [4.78, 5) is 0. The van der Waals surface area contributed by atoms with Gasteiger partial charge in [-0.25, -0.2) is 0 Å². The van der Waals surface area contributed by atoms with Gasteiger partial charge in [-0.15, -0.1) is 10.2 Å². The van der Waals surface area contributed by atoms with Crippen LogP contribution >= 0.6 is 0 Å². The zero-order chi connectivity index (χ0) is 14.1. The number of nitrogens with two attached hydrogens (primary N) is 1. The maximum atomic E-state index is 5.94. The van der Waals surface area contributed by atoms with Gasteiger partial charge in [0.15, 0.2) is 5.82 Å². The number of nitrogen functional groups attached to an aromatic ring is 1. The third kappa shape index (κ3) is 2.35. The van der Waals surface area contributed by atoms with Crippen molar-refractivity contribution >= 4 is 5.69 Å². The van der Waals surface area contributed by atoms with E-state index in [1.807, 2.05) is 26.0 Å². The summed E-state index contributed by atoms with van der Waals surface area (Å²) in [7, 11) is 0. The fourth-order valence-electron chi connectivity index (χ4n) is 2.62. The molecule has 0 fully saturated rings. The Morgan fingerprint density at radius 2 is 2.05 bits per heavy atom. The van der Waals surface area contributed by atoms with E-state index in [2.05, 4.69) is 14.8 Å². The standard InChI is InChI=1S/C15H20N4O/c1-10-7-11(2)13(8-12(10)16)20-9-15-18-17-14-5-3-4-6-19(14)15/h7-8H,3-6,9,16H2,1-2H3. The highest BCUT2D eigenvalue weighted by molar-refractivity contribution is 5.54. The van der Waals surface area contributed by atoms with Crippen molar-refractivity contribution in [1.82, 2.24) is 14.8 Å². The molecule has 0 amide bonds. The number of nitrogens with zero attached hydrogens (tertiary/aromatic N) is 3. The van der Waals surface area contributed by atoms with Gasteiger partial charge in [-0.1, -0.05) is 6.07 Å². The van der Waals surface area contributed by atoms with Gasteiger partial charge in [0.05, 0.1) is 0 Å². The minimum absolute atomic E-state index is 0.441. The summed E-state index contributed by atoms with van der Waals surface area (Å²) in [6.45, 7) is 5.47. The van der Waals surface area contributed by atoms with E-state index >= 15 is 0 Å².